The second-order valence-corrected chi connectivity index (χ2v) is 9.27. The van der Waals surface area contributed by atoms with Crippen LogP contribution in [0.4, 0.5) is 11.4 Å². The van der Waals surface area contributed by atoms with Gasteiger partial charge in [-0.15, -0.1) is 0 Å². The summed E-state index contributed by atoms with van der Waals surface area (Å²) in [7, 11) is 3.88. The lowest BCUT2D eigenvalue weighted by atomic mass is 9.93. The van der Waals surface area contributed by atoms with Crippen LogP contribution in [-0.4, -0.2) is 37.5 Å². The van der Waals surface area contributed by atoms with Crippen LogP contribution in [0.5, 0.6) is 5.75 Å². The fourth-order valence-corrected chi connectivity index (χ4v) is 4.83. The molecule has 1 atom stereocenters. The fourth-order valence-electron chi connectivity index (χ4n) is 4.83. The van der Waals surface area contributed by atoms with E-state index in [0.717, 1.165) is 41.0 Å². The van der Waals surface area contributed by atoms with E-state index in [9.17, 15) is 14.7 Å². The molecule has 0 aromatic heterocycles. The molecule has 0 spiro atoms. The molecule has 35 heavy (non-hydrogen) atoms. The van der Waals surface area contributed by atoms with Crippen LogP contribution in [0.25, 0.3) is 5.76 Å². The molecule has 0 bridgehead atoms. The number of fused-ring (bicyclic) bond motifs is 1. The van der Waals surface area contributed by atoms with E-state index in [-0.39, 0.29) is 11.3 Å². The number of Topliss-reactive ketones (excluding diaryl/α,β-unsaturated/α-hetero) is 1. The quantitative estimate of drug-likeness (QED) is 0.331. The Kier molecular flexibility index (Phi) is 5.81. The number of carbonyl (C=O) groups excluding carboxylic acids is 2. The third-order valence-corrected chi connectivity index (χ3v) is 6.63. The van der Waals surface area contributed by atoms with Crippen molar-refractivity contribution in [3.05, 3.63) is 94.6 Å². The predicted octanol–water partition coefficient (Wildman–Crippen LogP) is 5.01. The number of ether oxygens (including phenoxy) is 1. The number of ketones is 1. The number of hydrogen-bond acceptors (Lipinski definition) is 5. The lowest BCUT2D eigenvalue weighted by Gasteiger charge is -2.26. The highest BCUT2D eigenvalue weighted by molar-refractivity contribution is 6.51. The molecule has 3 aromatic rings. The summed E-state index contributed by atoms with van der Waals surface area (Å²) in [5.41, 5.74) is 4.93. The molecule has 2 aliphatic heterocycles. The van der Waals surface area contributed by atoms with Crippen molar-refractivity contribution in [1.29, 1.82) is 0 Å². The van der Waals surface area contributed by atoms with Crippen molar-refractivity contribution in [2.24, 2.45) is 0 Å². The van der Waals surface area contributed by atoms with Crippen molar-refractivity contribution in [1.82, 2.24) is 0 Å². The molecule has 6 heteroatoms. The number of aliphatic hydroxyl groups excluding tert-OH is 1. The summed E-state index contributed by atoms with van der Waals surface area (Å²) in [6.45, 7) is 2.63. The average Bonchev–Trinajstić information content (AvgIpc) is 3.13. The van der Waals surface area contributed by atoms with Gasteiger partial charge in [-0.1, -0.05) is 29.8 Å². The molecule has 0 radical (unpaired) electrons. The Balaban J connectivity index is 1.67. The van der Waals surface area contributed by atoms with Gasteiger partial charge < -0.3 is 14.7 Å². The standard InChI is InChI=1S/C29H28N2O4/c1-18-6-4-7-20(16-18)26-25(27(32)21-9-14-24-19(17-21)8-5-15-35-24)28(33)29(34)31(26)23-12-10-22(11-13-23)30(2)3/h4,6-7,9-14,16-17,26,32H,5,8,15H2,1-3H3/b27-25-. The van der Waals surface area contributed by atoms with Crippen LogP contribution in [0, 0.1) is 6.92 Å². The molecule has 1 amide bonds. The monoisotopic (exact) mass is 468 g/mol. The molecule has 1 saturated heterocycles. The van der Waals surface area contributed by atoms with E-state index >= 15 is 0 Å². The molecule has 5 rings (SSSR count). The highest BCUT2D eigenvalue weighted by Gasteiger charge is 2.47. The SMILES string of the molecule is Cc1cccc(C2/C(=C(/O)c3ccc4c(c3)CCCO4)C(=O)C(=O)N2c2ccc(N(C)C)cc2)c1. The van der Waals surface area contributed by atoms with Crippen molar-refractivity contribution in [2.75, 3.05) is 30.5 Å². The third-order valence-electron chi connectivity index (χ3n) is 6.63. The summed E-state index contributed by atoms with van der Waals surface area (Å²) >= 11 is 0. The minimum absolute atomic E-state index is 0.0916. The maximum absolute atomic E-state index is 13.4. The zero-order valence-corrected chi connectivity index (χ0v) is 20.1. The van der Waals surface area contributed by atoms with Crippen LogP contribution < -0.4 is 14.5 Å². The number of hydrogen-bond donors (Lipinski definition) is 1. The van der Waals surface area contributed by atoms with E-state index in [4.69, 9.17) is 4.74 Å². The molecule has 2 heterocycles. The summed E-state index contributed by atoms with van der Waals surface area (Å²) in [6, 6.07) is 19.9. The van der Waals surface area contributed by atoms with Crippen LogP contribution in [0.2, 0.25) is 0 Å². The Bertz CT molecular complexity index is 1340. The number of anilines is 2. The fraction of sp³-hybridized carbons (Fsp3) is 0.241. The van der Waals surface area contributed by atoms with E-state index in [2.05, 4.69) is 0 Å². The minimum Gasteiger partial charge on any atom is -0.507 e. The lowest BCUT2D eigenvalue weighted by molar-refractivity contribution is -0.132. The Morgan fingerprint density at radius 2 is 1.80 bits per heavy atom. The van der Waals surface area contributed by atoms with Crippen LogP contribution >= 0.6 is 0 Å². The number of rotatable bonds is 4. The van der Waals surface area contributed by atoms with Gasteiger partial charge in [0.05, 0.1) is 18.2 Å². The summed E-state index contributed by atoms with van der Waals surface area (Å²) < 4.78 is 5.70. The van der Waals surface area contributed by atoms with Gasteiger partial charge in [0.1, 0.15) is 11.5 Å². The Morgan fingerprint density at radius 1 is 1.03 bits per heavy atom. The van der Waals surface area contributed by atoms with Crippen molar-refractivity contribution >= 4 is 28.8 Å². The number of amides is 1. The van der Waals surface area contributed by atoms with E-state index in [1.807, 2.05) is 86.6 Å². The van der Waals surface area contributed by atoms with E-state index in [0.29, 0.717) is 17.9 Å². The first-order chi connectivity index (χ1) is 16.8. The van der Waals surface area contributed by atoms with Gasteiger partial charge >= 0.3 is 0 Å². The van der Waals surface area contributed by atoms with E-state index in [1.54, 1.807) is 6.07 Å². The molecule has 1 N–H and O–H groups in total. The maximum atomic E-state index is 13.4. The molecule has 178 valence electrons. The molecule has 1 unspecified atom stereocenters. The molecule has 2 aliphatic rings. The summed E-state index contributed by atoms with van der Waals surface area (Å²) in [5.74, 6) is -0.725. The lowest BCUT2D eigenvalue weighted by Crippen LogP contribution is -2.29. The van der Waals surface area contributed by atoms with Crippen LogP contribution in [0.3, 0.4) is 0 Å². The molecule has 6 nitrogen and oxygen atoms in total. The third kappa shape index (κ3) is 4.05. The normalized spacial score (nSPS) is 18.8. The van der Waals surface area contributed by atoms with Gasteiger partial charge in [-0.2, -0.15) is 0 Å². The average molecular weight is 469 g/mol. The summed E-state index contributed by atoms with van der Waals surface area (Å²) in [5, 5.41) is 11.4. The molecule has 1 fully saturated rings. The second kappa shape index (κ2) is 8.95. The molecular formula is C29H28N2O4. The van der Waals surface area contributed by atoms with Gasteiger partial charge in [-0.3, -0.25) is 14.5 Å². The second-order valence-electron chi connectivity index (χ2n) is 9.27. The first kappa shape index (κ1) is 22.7. The number of nitrogens with zero attached hydrogens (tertiary/aromatic N) is 2. The number of aryl methyl sites for hydroxylation is 2. The highest BCUT2D eigenvalue weighted by atomic mass is 16.5. The van der Waals surface area contributed by atoms with Gasteiger partial charge in [-0.25, -0.2) is 0 Å². The number of benzene rings is 3. The first-order valence-corrected chi connectivity index (χ1v) is 11.8. The Labute approximate surface area is 205 Å². The first-order valence-electron chi connectivity index (χ1n) is 11.8. The van der Waals surface area contributed by atoms with Crippen molar-refractivity contribution < 1.29 is 19.4 Å². The van der Waals surface area contributed by atoms with Crippen LogP contribution in [0.1, 0.15) is 34.7 Å². The largest absolute Gasteiger partial charge is 0.507 e. The van der Waals surface area contributed by atoms with Crippen LogP contribution in [0.15, 0.2) is 72.3 Å². The Hall–Kier alpha value is -4.06. The van der Waals surface area contributed by atoms with E-state index in [1.165, 1.54) is 4.90 Å². The molecule has 0 aliphatic carbocycles. The Morgan fingerprint density at radius 3 is 2.51 bits per heavy atom. The van der Waals surface area contributed by atoms with Crippen molar-refractivity contribution in [3.8, 4) is 5.75 Å². The van der Waals surface area contributed by atoms with E-state index < -0.39 is 17.7 Å². The molecule has 0 saturated carbocycles. The summed E-state index contributed by atoms with van der Waals surface area (Å²) in [4.78, 5) is 30.2. The smallest absolute Gasteiger partial charge is 0.300 e. The van der Waals surface area contributed by atoms with Gasteiger partial charge in [0.25, 0.3) is 11.7 Å². The minimum atomic E-state index is -0.743. The maximum Gasteiger partial charge on any atom is 0.300 e. The van der Waals surface area contributed by atoms with Gasteiger partial charge in [-0.05, 0) is 73.4 Å². The molecule has 3 aromatic carbocycles. The zero-order chi connectivity index (χ0) is 24.7. The van der Waals surface area contributed by atoms with Crippen LogP contribution in [-0.2, 0) is 16.0 Å². The number of aliphatic hydroxyl groups is 1. The molecular weight excluding hydrogens is 440 g/mol. The van der Waals surface area contributed by atoms with Crippen molar-refractivity contribution in [2.45, 2.75) is 25.8 Å². The van der Waals surface area contributed by atoms with Gasteiger partial charge in [0.15, 0.2) is 0 Å². The van der Waals surface area contributed by atoms with Gasteiger partial charge in [0.2, 0.25) is 0 Å². The summed E-state index contributed by atoms with van der Waals surface area (Å²) in [6.07, 6.45) is 1.73. The zero-order valence-electron chi connectivity index (χ0n) is 20.1. The highest BCUT2D eigenvalue weighted by Crippen LogP contribution is 2.43. The van der Waals surface area contributed by atoms with Crippen molar-refractivity contribution in [3.63, 3.8) is 0 Å². The topological polar surface area (TPSA) is 70.1 Å². The van der Waals surface area contributed by atoms with Gasteiger partial charge in [0, 0.05) is 31.0 Å². The number of carbonyl (C=O) groups is 2. The predicted molar refractivity (Wildman–Crippen MR) is 137 cm³/mol.